The van der Waals surface area contributed by atoms with Crippen LogP contribution in [0.25, 0.3) is 0 Å². The molecule has 1 aromatic heterocycles. The first-order valence-electron chi connectivity index (χ1n) is 7.69. The van der Waals surface area contributed by atoms with Gasteiger partial charge in [-0.25, -0.2) is 0 Å². The Kier molecular flexibility index (Phi) is 4.16. The highest BCUT2D eigenvalue weighted by Gasteiger charge is 2.45. The van der Waals surface area contributed by atoms with E-state index in [1.165, 1.54) is 0 Å². The van der Waals surface area contributed by atoms with Crippen molar-refractivity contribution in [2.45, 2.75) is 45.0 Å². The second-order valence-electron chi connectivity index (χ2n) is 6.82. The highest BCUT2D eigenvalue weighted by molar-refractivity contribution is 7.90. The molecule has 0 saturated carbocycles. The van der Waals surface area contributed by atoms with Crippen LogP contribution < -0.4 is 4.74 Å². The highest BCUT2D eigenvalue weighted by atomic mass is 32.2. The summed E-state index contributed by atoms with van der Waals surface area (Å²) in [6, 6.07) is 5.95. The average Bonchev–Trinajstić information content (AvgIpc) is 3.06. The molecule has 0 amide bonds. The molecule has 124 valence electrons. The fourth-order valence-corrected chi connectivity index (χ4v) is 4.43. The molecule has 3 rings (SSSR count). The lowest BCUT2D eigenvalue weighted by atomic mass is 9.97. The molecule has 0 fully saturated rings. The van der Waals surface area contributed by atoms with Crippen LogP contribution in [0.5, 0.6) is 5.75 Å². The molecule has 1 N–H and O–H groups in total. The van der Waals surface area contributed by atoms with Gasteiger partial charge in [0.25, 0.3) is 0 Å². The summed E-state index contributed by atoms with van der Waals surface area (Å²) in [4.78, 5) is 0. The van der Waals surface area contributed by atoms with Crippen LogP contribution >= 0.6 is 0 Å². The van der Waals surface area contributed by atoms with Crippen LogP contribution in [0.4, 0.5) is 0 Å². The Morgan fingerprint density at radius 2 is 2.09 bits per heavy atom. The molecule has 1 aliphatic heterocycles. The summed E-state index contributed by atoms with van der Waals surface area (Å²) in [7, 11) is 1.68. The molecule has 5 nitrogen and oxygen atoms in total. The Hall–Kier alpha value is -1.50. The summed E-state index contributed by atoms with van der Waals surface area (Å²) in [6.07, 6.45) is 1.85. The van der Waals surface area contributed by atoms with Gasteiger partial charge in [0.05, 0.1) is 25.5 Å². The third kappa shape index (κ3) is 2.75. The van der Waals surface area contributed by atoms with Crippen molar-refractivity contribution in [3.8, 4) is 5.75 Å². The van der Waals surface area contributed by atoms with Crippen molar-refractivity contribution in [3.05, 3.63) is 46.8 Å². The molecule has 2 heterocycles. The van der Waals surface area contributed by atoms with Gasteiger partial charge < -0.3 is 9.29 Å². The Labute approximate surface area is 140 Å². The minimum atomic E-state index is -1.12. The van der Waals surface area contributed by atoms with Crippen LogP contribution in [-0.4, -0.2) is 30.9 Å². The zero-order valence-electron chi connectivity index (χ0n) is 14.2. The highest BCUT2D eigenvalue weighted by Crippen LogP contribution is 2.44. The Bertz CT molecular complexity index is 708. The van der Waals surface area contributed by atoms with Crippen molar-refractivity contribution in [1.82, 2.24) is 14.5 Å². The Balaban J connectivity index is 2.10. The summed E-state index contributed by atoms with van der Waals surface area (Å²) in [6.45, 7) is 8.67. The molecular formula is C17H23N3O2S. The maximum Gasteiger partial charge on any atom is 0.137 e. The quantitative estimate of drug-likeness (QED) is 0.877. The molecular weight excluding hydrogens is 310 g/mol. The monoisotopic (exact) mass is 333 g/mol. The number of benzene rings is 1. The van der Waals surface area contributed by atoms with Crippen molar-refractivity contribution in [2.24, 2.45) is 0 Å². The topological polar surface area (TPSA) is 64.2 Å². The van der Waals surface area contributed by atoms with Gasteiger partial charge in [0.15, 0.2) is 0 Å². The molecule has 0 aliphatic carbocycles. The molecule has 23 heavy (non-hydrogen) atoms. The van der Waals surface area contributed by atoms with Crippen LogP contribution in [0.2, 0.25) is 0 Å². The lowest BCUT2D eigenvalue weighted by Gasteiger charge is -2.34. The van der Waals surface area contributed by atoms with E-state index in [-0.39, 0.29) is 10.8 Å². The van der Waals surface area contributed by atoms with E-state index in [4.69, 9.17) is 4.74 Å². The maximum absolute atomic E-state index is 13.1. The Morgan fingerprint density at radius 1 is 1.35 bits per heavy atom. The normalized spacial score (nSPS) is 19.7. The molecule has 1 aliphatic rings. The molecule has 0 saturated heterocycles. The summed E-state index contributed by atoms with van der Waals surface area (Å²) in [5.41, 5.74) is 4.32. The molecule has 1 aromatic carbocycles. The minimum absolute atomic E-state index is 0.0705. The number of H-pyrrole nitrogens is 1. The van der Waals surface area contributed by atoms with Crippen molar-refractivity contribution < 1.29 is 9.29 Å². The zero-order valence-corrected chi connectivity index (χ0v) is 15.0. The molecule has 2 aromatic rings. The lowest BCUT2D eigenvalue weighted by Crippen LogP contribution is -2.42. The second kappa shape index (κ2) is 5.85. The average molecular weight is 333 g/mol. The fraction of sp³-hybridized carbons (Fsp3) is 0.471. The van der Waals surface area contributed by atoms with Gasteiger partial charge in [0.2, 0.25) is 0 Å². The molecule has 0 bridgehead atoms. The number of nitrogens with zero attached hydrogens (tertiary/aromatic N) is 2. The van der Waals surface area contributed by atoms with E-state index in [1.807, 2.05) is 50.3 Å². The van der Waals surface area contributed by atoms with E-state index < -0.39 is 11.4 Å². The molecule has 0 radical (unpaired) electrons. The number of aromatic amines is 1. The fourth-order valence-electron chi connectivity index (χ4n) is 3.06. The molecule has 6 heteroatoms. The zero-order chi connectivity index (χ0) is 16.8. The first-order valence-corrected chi connectivity index (χ1v) is 8.79. The van der Waals surface area contributed by atoms with E-state index in [0.29, 0.717) is 6.54 Å². The van der Waals surface area contributed by atoms with E-state index in [0.717, 1.165) is 28.1 Å². The first-order chi connectivity index (χ1) is 10.8. The summed E-state index contributed by atoms with van der Waals surface area (Å²) in [5.74, 6) is 0.848. The van der Waals surface area contributed by atoms with Gasteiger partial charge >= 0.3 is 0 Å². The number of rotatable bonds is 3. The maximum atomic E-state index is 13.1. The van der Waals surface area contributed by atoms with Gasteiger partial charge in [0, 0.05) is 16.9 Å². The van der Waals surface area contributed by atoms with Gasteiger partial charge in [-0.1, -0.05) is 12.1 Å². The minimum Gasteiger partial charge on any atom is -0.597 e. The van der Waals surface area contributed by atoms with Gasteiger partial charge in [-0.15, -0.1) is 4.31 Å². The number of hydrogen-bond acceptors (Lipinski definition) is 4. The number of fused-ring (bicyclic) bond motifs is 1. The van der Waals surface area contributed by atoms with Crippen molar-refractivity contribution in [3.63, 3.8) is 0 Å². The van der Waals surface area contributed by atoms with Gasteiger partial charge in [-0.3, -0.25) is 5.10 Å². The van der Waals surface area contributed by atoms with Gasteiger partial charge in [-0.2, -0.15) is 5.10 Å². The molecule has 2 atom stereocenters. The van der Waals surface area contributed by atoms with Crippen LogP contribution in [-0.2, 0) is 17.9 Å². The van der Waals surface area contributed by atoms with E-state index in [9.17, 15) is 4.55 Å². The Morgan fingerprint density at radius 3 is 2.74 bits per heavy atom. The lowest BCUT2D eigenvalue weighted by molar-refractivity contribution is 0.364. The number of aromatic nitrogens is 2. The van der Waals surface area contributed by atoms with E-state index >= 15 is 0 Å². The third-order valence-electron chi connectivity index (χ3n) is 4.23. The number of methoxy groups -OCH3 is 1. The molecule has 0 spiro atoms. The number of nitrogens with one attached hydrogen (secondary N) is 1. The summed E-state index contributed by atoms with van der Waals surface area (Å²) < 4.78 is 20.2. The van der Waals surface area contributed by atoms with Gasteiger partial charge in [-0.05, 0) is 44.9 Å². The van der Waals surface area contributed by atoms with Crippen LogP contribution in [0, 0.1) is 6.92 Å². The summed E-state index contributed by atoms with van der Waals surface area (Å²) in [5, 5.41) is 7.21. The molecule has 1 unspecified atom stereocenters. The van der Waals surface area contributed by atoms with Crippen molar-refractivity contribution in [2.75, 3.05) is 7.11 Å². The first kappa shape index (κ1) is 16.4. The largest absolute Gasteiger partial charge is 0.597 e. The van der Waals surface area contributed by atoms with Crippen molar-refractivity contribution in [1.29, 1.82) is 0 Å². The van der Waals surface area contributed by atoms with Crippen LogP contribution in [0.15, 0.2) is 24.4 Å². The van der Waals surface area contributed by atoms with E-state index in [2.05, 4.69) is 16.3 Å². The number of hydrogen-bond donors (Lipinski definition) is 1. The smallest absolute Gasteiger partial charge is 0.137 e. The SMILES string of the molecule is COc1cccc([C@@H]2c3cn[nH]c3CN2[S+]([O-])C(C)(C)C)c1C. The third-order valence-corrected chi connectivity index (χ3v) is 6.04. The van der Waals surface area contributed by atoms with Crippen LogP contribution in [0.1, 0.15) is 49.2 Å². The standard InChI is InChI=1S/C17H23N3O2S/c1-11-12(7-6-8-15(11)22-5)16-13-9-18-19-14(13)10-20(16)23(21)17(2,3)4/h6-9,16H,10H2,1-5H3,(H,18,19)/t16-,23?/m1/s1. The second-order valence-corrected chi connectivity index (χ2v) is 9.01. The number of ether oxygens (including phenoxy) is 1. The predicted molar refractivity (Wildman–Crippen MR) is 91.6 cm³/mol. The predicted octanol–water partition coefficient (Wildman–Crippen LogP) is 3.09. The van der Waals surface area contributed by atoms with E-state index in [1.54, 1.807) is 7.11 Å². The van der Waals surface area contributed by atoms with Crippen molar-refractivity contribution >= 4 is 11.4 Å². The van der Waals surface area contributed by atoms with Gasteiger partial charge in [0.1, 0.15) is 16.5 Å². The van der Waals surface area contributed by atoms with Crippen LogP contribution in [0.3, 0.4) is 0 Å². The summed E-state index contributed by atoms with van der Waals surface area (Å²) >= 11 is -1.12.